The van der Waals surface area contributed by atoms with Gasteiger partial charge in [0, 0.05) is 30.5 Å². The van der Waals surface area contributed by atoms with E-state index in [0.29, 0.717) is 47.7 Å². The summed E-state index contributed by atoms with van der Waals surface area (Å²) in [6.45, 7) is 2.20. The molecule has 1 amide bonds. The number of anilines is 1. The molecule has 1 aliphatic rings. The highest BCUT2D eigenvalue weighted by atomic mass is 35.5. The van der Waals surface area contributed by atoms with Gasteiger partial charge in [-0.2, -0.15) is 0 Å². The zero-order valence-electron chi connectivity index (χ0n) is 16.1. The lowest BCUT2D eigenvalue weighted by Crippen LogP contribution is -2.40. The van der Waals surface area contributed by atoms with E-state index < -0.39 is 0 Å². The molecule has 1 unspecified atom stereocenters. The number of hydrogen-bond donors (Lipinski definition) is 1. The number of halogens is 2. The van der Waals surface area contributed by atoms with E-state index in [2.05, 4.69) is 15.3 Å². The average molecular weight is 443 g/mol. The first-order chi connectivity index (χ1) is 14.6. The van der Waals surface area contributed by atoms with Crippen LogP contribution in [0.25, 0.3) is 0 Å². The summed E-state index contributed by atoms with van der Waals surface area (Å²) in [5.74, 6) is 0.362. The fourth-order valence-corrected chi connectivity index (χ4v) is 3.73. The molecule has 0 spiro atoms. The van der Waals surface area contributed by atoms with Crippen molar-refractivity contribution >= 4 is 34.9 Å². The number of carbonyl (C=O) groups excluding carboxylic acids is 1. The van der Waals surface area contributed by atoms with Gasteiger partial charge in [0.25, 0.3) is 5.91 Å². The maximum atomic E-state index is 12.7. The first kappa shape index (κ1) is 20.6. The second-order valence-corrected chi connectivity index (χ2v) is 7.69. The minimum atomic E-state index is -0.310. The molecule has 0 radical (unpaired) electrons. The molecule has 0 saturated carbocycles. The summed E-state index contributed by atoms with van der Waals surface area (Å²) in [6.07, 6.45) is 3.27. The summed E-state index contributed by atoms with van der Waals surface area (Å²) in [7, 11) is 0. The summed E-state index contributed by atoms with van der Waals surface area (Å²) < 4.78 is 5.30. The Labute approximate surface area is 184 Å². The number of benzene rings is 1. The standard InChI is InChI=1S/C22H20Cl2N4O2/c23-17-5-3-4-15(12-17)20(19-6-1-2-7-25-19)27-21-18(24)13-16(14-26-21)22(29)28-8-10-30-11-9-28/h1-7,12-14,20H,8-11H2,(H,26,27). The van der Waals surface area contributed by atoms with Crippen LogP contribution < -0.4 is 5.32 Å². The summed E-state index contributed by atoms with van der Waals surface area (Å²) in [6, 6.07) is 14.6. The van der Waals surface area contributed by atoms with Crippen molar-refractivity contribution in [2.45, 2.75) is 6.04 Å². The van der Waals surface area contributed by atoms with Crippen LogP contribution in [0.5, 0.6) is 0 Å². The van der Waals surface area contributed by atoms with Crippen LogP contribution in [0.2, 0.25) is 10.0 Å². The quantitative estimate of drug-likeness (QED) is 0.631. The summed E-state index contributed by atoms with van der Waals surface area (Å²) >= 11 is 12.7. The van der Waals surface area contributed by atoms with E-state index in [1.54, 1.807) is 23.4 Å². The molecule has 3 aromatic rings. The summed E-state index contributed by atoms with van der Waals surface area (Å²) in [5, 5.41) is 4.33. The van der Waals surface area contributed by atoms with Crippen molar-refractivity contribution in [3.8, 4) is 0 Å². The summed E-state index contributed by atoms with van der Waals surface area (Å²) in [4.78, 5) is 23.3. The number of amides is 1. The molecule has 1 aromatic carbocycles. The van der Waals surface area contributed by atoms with E-state index >= 15 is 0 Å². The molecule has 4 rings (SSSR count). The highest BCUT2D eigenvalue weighted by Crippen LogP contribution is 2.30. The zero-order valence-corrected chi connectivity index (χ0v) is 17.6. The molecule has 30 heavy (non-hydrogen) atoms. The van der Waals surface area contributed by atoms with Gasteiger partial charge in [0.05, 0.1) is 35.5 Å². The van der Waals surface area contributed by atoms with E-state index in [-0.39, 0.29) is 11.9 Å². The number of carbonyl (C=O) groups is 1. The Kier molecular flexibility index (Phi) is 6.47. The van der Waals surface area contributed by atoms with Crippen molar-refractivity contribution in [3.63, 3.8) is 0 Å². The van der Waals surface area contributed by atoms with Gasteiger partial charge in [-0.15, -0.1) is 0 Å². The van der Waals surface area contributed by atoms with E-state index in [1.807, 2.05) is 42.5 Å². The van der Waals surface area contributed by atoms with Gasteiger partial charge < -0.3 is 15.0 Å². The molecule has 2 aromatic heterocycles. The van der Waals surface area contributed by atoms with E-state index in [1.165, 1.54) is 0 Å². The third-order valence-electron chi connectivity index (χ3n) is 4.83. The molecule has 3 heterocycles. The number of nitrogens with one attached hydrogen (secondary N) is 1. The van der Waals surface area contributed by atoms with Crippen LogP contribution >= 0.6 is 23.2 Å². The molecule has 0 aliphatic carbocycles. The molecular formula is C22H20Cl2N4O2. The van der Waals surface area contributed by atoms with Gasteiger partial charge in [0.1, 0.15) is 5.82 Å². The van der Waals surface area contributed by atoms with E-state index in [4.69, 9.17) is 27.9 Å². The smallest absolute Gasteiger partial charge is 0.255 e. The molecule has 1 atom stereocenters. The SMILES string of the molecule is O=C(c1cnc(NC(c2cccc(Cl)c2)c2ccccn2)c(Cl)c1)N1CCOCC1. The normalized spacial score (nSPS) is 14.9. The zero-order chi connectivity index (χ0) is 20.9. The number of aromatic nitrogens is 2. The molecule has 154 valence electrons. The van der Waals surface area contributed by atoms with Crippen molar-refractivity contribution in [2.75, 3.05) is 31.6 Å². The number of hydrogen-bond acceptors (Lipinski definition) is 5. The molecule has 1 aliphatic heterocycles. The Morgan fingerprint density at radius 3 is 2.60 bits per heavy atom. The Morgan fingerprint density at radius 2 is 1.90 bits per heavy atom. The number of nitrogens with zero attached hydrogens (tertiary/aromatic N) is 3. The largest absolute Gasteiger partial charge is 0.378 e. The minimum Gasteiger partial charge on any atom is -0.378 e. The lowest BCUT2D eigenvalue weighted by Gasteiger charge is -2.27. The van der Waals surface area contributed by atoms with Crippen LogP contribution in [0.15, 0.2) is 60.9 Å². The average Bonchev–Trinajstić information content (AvgIpc) is 2.79. The van der Waals surface area contributed by atoms with Crippen LogP contribution in [0, 0.1) is 0 Å². The topological polar surface area (TPSA) is 67.4 Å². The minimum absolute atomic E-state index is 0.102. The highest BCUT2D eigenvalue weighted by Gasteiger charge is 2.22. The molecule has 1 N–H and O–H groups in total. The van der Waals surface area contributed by atoms with Gasteiger partial charge in [0.2, 0.25) is 0 Å². The number of ether oxygens (including phenoxy) is 1. The van der Waals surface area contributed by atoms with Crippen molar-refractivity contribution < 1.29 is 9.53 Å². The molecule has 1 fully saturated rings. The Morgan fingerprint density at radius 1 is 1.07 bits per heavy atom. The maximum absolute atomic E-state index is 12.7. The van der Waals surface area contributed by atoms with Crippen LogP contribution in [0.3, 0.4) is 0 Å². The van der Waals surface area contributed by atoms with Gasteiger partial charge in [0.15, 0.2) is 0 Å². The molecule has 8 heteroatoms. The summed E-state index contributed by atoms with van der Waals surface area (Å²) in [5.41, 5.74) is 2.17. The number of morpholine rings is 1. The van der Waals surface area contributed by atoms with Crippen LogP contribution in [-0.4, -0.2) is 47.1 Å². The highest BCUT2D eigenvalue weighted by molar-refractivity contribution is 6.33. The molecule has 0 bridgehead atoms. The van der Waals surface area contributed by atoms with Gasteiger partial charge >= 0.3 is 0 Å². The fraction of sp³-hybridized carbons (Fsp3) is 0.227. The lowest BCUT2D eigenvalue weighted by atomic mass is 10.0. The fourth-order valence-electron chi connectivity index (χ4n) is 3.31. The Bertz CT molecular complexity index is 1030. The van der Waals surface area contributed by atoms with Gasteiger partial charge in [-0.25, -0.2) is 4.98 Å². The van der Waals surface area contributed by atoms with Gasteiger partial charge in [-0.1, -0.05) is 41.4 Å². The Hall–Kier alpha value is -2.67. The Balaban J connectivity index is 1.61. The van der Waals surface area contributed by atoms with Gasteiger partial charge in [-0.3, -0.25) is 9.78 Å². The van der Waals surface area contributed by atoms with Crippen LogP contribution in [-0.2, 0) is 4.74 Å². The number of pyridine rings is 2. The van der Waals surface area contributed by atoms with Crippen molar-refractivity contribution in [1.82, 2.24) is 14.9 Å². The predicted molar refractivity (Wildman–Crippen MR) is 117 cm³/mol. The molecular weight excluding hydrogens is 423 g/mol. The lowest BCUT2D eigenvalue weighted by molar-refractivity contribution is 0.0302. The monoisotopic (exact) mass is 442 g/mol. The molecule has 1 saturated heterocycles. The first-order valence-electron chi connectivity index (χ1n) is 9.57. The first-order valence-corrected chi connectivity index (χ1v) is 10.3. The molecule has 6 nitrogen and oxygen atoms in total. The van der Waals surface area contributed by atoms with Gasteiger partial charge in [-0.05, 0) is 35.9 Å². The van der Waals surface area contributed by atoms with Crippen LogP contribution in [0.4, 0.5) is 5.82 Å². The number of rotatable bonds is 5. The second-order valence-electron chi connectivity index (χ2n) is 6.85. The van der Waals surface area contributed by atoms with Crippen molar-refractivity contribution in [3.05, 3.63) is 87.8 Å². The van der Waals surface area contributed by atoms with Crippen molar-refractivity contribution in [2.24, 2.45) is 0 Å². The second kappa shape index (κ2) is 9.43. The third-order valence-corrected chi connectivity index (χ3v) is 5.36. The van der Waals surface area contributed by atoms with E-state index in [0.717, 1.165) is 11.3 Å². The van der Waals surface area contributed by atoms with Crippen LogP contribution in [0.1, 0.15) is 27.7 Å². The third kappa shape index (κ3) is 4.73. The maximum Gasteiger partial charge on any atom is 0.255 e. The van der Waals surface area contributed by atoms with Crippen molar-refractivity contribution in [1.29, 1.82) is 0 Å². The predicted octanol–water partition coefficient (Wildman–Crippen LogP) is 4.46. The van der Waals surface area contributed by atoms with E-state index in [9.17, 15) is 4.79 Å².